The van der Waals surface area contributed by atoms with Crippen LogP contribution in [-0.4, -0.2) is 25.1 Å². The molecule has 0 aromatic heterocycles. The minimum atomic E-state index is -0.196. The number of rotatable bonds is 7. The number of hydrogen-bond acceptors (Lipinski definition) is 3. The van der Waals surface area contributed by atoms with Crippen LogP contribution in [0, 0.1) is 0 Å². The molecular formula is C16H26N2O2. The van der Waals surface area contributed by atoms with Gasteiger partial charge in [0.25, 0.3) is 5.91 Å². The first-order valence-corrected chi connectivity index (χ1v) is 7.09. The number of benzene rings is 1. The Hall–Kier alpha value is -1.55. The maximum atomic E-state index is 11.9. The van der Waals surface area contributed by atoms with Crippen LogP contribution in [0.5, 0.6) is 5.75 Å². The molecule has 1 amide bonds. The van der Waals surface area contributed by atoms with Crippen LogP contribution in [0.25, 0.3) is 0 Å². The van der Waals surface area contributed by atoms with E-state index in [1.165, 1.54) is 0 Å². The molecule has 0 fully saturated rings. The summed E-state index contributed by atoms with van der Waals surface area (Å²) >= 11 is 0. The van der Waals surface area contributed by atoms with E-state index >= 15 is 0 Å². The lowest BCUT2D eigenvalue weighted by atomic mass is 10.0. The molecule has 0 saturated heterocycles. The Morgan fingerprint density at radius 3 is 2.60 bits per heavy atom. The molecular weight excluding hydrogens is 252 g/mol. The van der Waals surface area contributed by atoms with Crippen molar-refractivity contribution in [3.8, 4) is 5.75 Å². The Morgan fingerprint density at radius 1 is 1.35 bits per heavy atom. The largest absolute Gasteiger partial charge is 0.483 e. The number of carbonyl (C=O) groups excluding carboxylic acids is 1. The van der Waals surface area contributed by atoms with Crippen molar-refractivity contribution < 1.29 is 9.53 Å². The van der Waals surface area contributed by atoms with Gasteiger partial charge in [0.15, 0.2) is 6.61 Å². The molecule has 0 aliphatic carbocycles. The summed E-state index contributed by atoms with van der Waals surface area (Å²) in [6.07, 6.45) is 0.881. The molecule has 4 heteroatoms. The number of hydrogen-bond donors (Lipinski definition) is 2. The van der Waals surface area contributed by atoms with Crippen LogP contribution < -0.4 is 15.4 Å². The van der Waals surface area contributed by atoms with Crippen molar-refractivity contribution in [2.75, 3.05) is 13.7 Å². The molecule has 1 atom stereocenters. The van der Waals surface area contributed by atoms with Crippen molar-refractivity contribution in [3.05, 3.63) is 29.8 Å². The predicted molar refractivity (Wildman–Crippen MR) is 81.9 cm³/mol. The van der Waals surface area contributed by atoms with E-state index in [0.717, 1.165) is 17.7 Å². The summed E-state index contributed by atoms with van der Waals surface area (Å²) in [6.45, 7) is 8.15. The predicted octanol–water partition coefficient (Wildman–Crippen LogP) is 2.65. The van der Waals surface area contributed by atoms with Crippen molar-refractivity contribution in [2.45, 2.75) is 45.7 Å². The number of carbonyl (C=O) groups is 1. The first-order chi connectivity index (χ1) is 9.39. The maximum absolute atomic E-state index is 11.9. The summed E-state index contributed by atoms with van der Waals surface area (Å²) in [5.74, 6) is 0.655. The molecule has 4 nitrogen and oxygen atoms in total. The molecule has 0 aliphatic heterocycles. The van der Waals surface area contributed by atoms with E-state index in [-0.39, 0.29) is 24.1 Å². The van der Waals surface area contributed by atoms with Gasteiger partial charge in [0.05, 0.1) is 0 Å². The van der Waals surface area contributed by atoms with Crippen molar-refractivity contribution in [1.29, 1.82) is 0 Å². The number of para-hydroxylation sites is 1. The molecule has 1 unspecified atom stereocenters. The van der Waals surface area contributed by atoms with Gasteiger partial charge in [0.2, 0.25) is 0 Å². The molecule has 0 heterocycles. The fraction of sp³-hybridized carbons (Fsp3) is 0.562. The molecule has 2 N–H and O–H groups in total. The lowest BCUT2D eigenvalue weighted by Gasteiger charge is -2.24. The average Bonchev–Trinajstić information content (AvgIpc) is 2.44. The van der Waals surface area contributed by atoms with Crippen molar-refractivity contribution in [1.82, 2.24) is 10.6 Å². The summed E-state index contributed by atoms with van der Waals surface area (Å²) in [5, 5.41) is 6.14. The summed E-state index contributed by atoms with van der Waals surface area (Å²) < 4.78 is 5.66. The molecule has 0 aliphatic rings. The molecule has 0 spiro atoms. The van der Waals surface area contributed by atoms with Gasteiger partial charge in [-0.05, 0) is 40.3 Å². The van der Waals surface area contributed by atoms with Gasteiger partial charge in [-0.1, -0.05) is 25.1 Å². The molecule has 0 saturated carbocycles. The van der Waals surface area contributed by atoms with Crippen LogP contribution in [0.4, 0.5) is 0 Å². The molecule has 1 aromatic rings. The standard InChI is InChI=1S/C16H26N2O2/c1-6-16(3,4)18-15(19)11-20-14-10-8-7-9-13(14)12(2)17-5/h7-10,12,17H,6,11H2,1-5H3,(H,18,19). The summed E-state index contributed by atoms with van der Waals surface area (Å²) in [7, 11) is 1.90. The topological polar surface area (TPSA) is 50.4 Å². The van der Waals surface area contributed by atoms with Gasteiger partial charge in [-0.2, -0.15) is 0 Å². The van der Waals surface area contributed by atoms with Gasteiger partial charge in [-0.15, -0.1) is 0 Å². The van der Waals surface area contributed by atoms with Crippen LogP contribution in [-0.2, 0) is 4.79 Å². The summed E-state index contributed by atoms with van der Waals surface area (Å²) in [6, 6.07) is 7.96. The van der Waals surface area contributed by atoms with Gasteiger partial charge in [0.1, 0.15) is 5.75 Å². The van der Waals surface area contributed by atoms with Crippen LogP contribution in [0.15, 0.2) is 24.3 Å². The highest BCUT2D eigenvalue weighted by Crippen LogP contribution is 2.24. The van der Waals surface area contributed by atoms with E-state index in [0.29, 0.717) is 0 Å². The third kappa shape index (κ3) is 4.85. The summed E-state index contributed by atoms with van der Waals surface area (Å²) in [5.41, 5.74) is 0.857. The minimum Gasteiger partial charge on any atom is -0.483 e. The number of amides is 1. The highest BCUT2D eigenvalue weighted by atomic mass is 16.5. The Morgan fingerprint density at radius 2 is 2.00 bits per heavy atom. The Kier molecular flexibility index (Phi) is 6.02. The van der Waals surface area contributed by atoms with E-state index in [2.05, 4.69) is 17.6 Å². The lowest BCUT2D eigenvalue weighted by molar-refractivity contribution is -0.124. The van der Waals surface area contributed by atoms with Crippen LogP contribution in [0.1, 0.15) is 45.7 Å². The average molecular weight is 278 g/mol. The van der Waals surface area contributed by atoms with Crippen LogP contribution >= 0.6 is 0 Å². The second kappa shape index (κ2) is 7.29. The van der Waals surface area contributed by atoms with E-state index in [4.69, 9.17) is 4.74 Å². The number of nitrogens with one attached hydrogen (secondary N) is 2. The zero-order valence-corrected chi connectivity index (χ0v) is 13.1. The highest BCUT2D eigenvalue weighted by Gasteiger charge is 2.18. The second-order valence-electron chi connectivity index (χ2n) is 5.62. The van der Waals surface area contributed by atoms with Crippen molar-refractivity contribution >= 4 is 5.91 Å². The van der Waals surface area contributed by atoms with Crippen molar-refractivity contribution in [2.24, 2.45) is 0 Å². The molecule has 20 heavy (non-hydrogen) atoms. The second-order valence-corrected chi connectivity index (χ2v) is 5.62. The van der Waals surface area contributed by atoms with E-state index in [9.17, 15) is 4.79 Å². The fourth-order valence-electron chi connectivity index (χ4n) is 1.77. The van der Waals surface area contributed by atoms with Crippen LogP contribution in [0.3, 0.4) is 0 Å². The maximum Gasteiger partial charge on any atom is 0.258 e. The third-order valence-electron chi connectivity index (χ3n) is 3.54. The lowest BCUT2D eigenvalue weighted by Crippen LogP contribution is -2.44. The Bertz CT molecular complexity index is 444. The molecule has 1 rings (SSSR count). The zero-order valence-electron chi connectivity index (χ0n) is 13.1. The Labute approximate surface area is 121 Å². The zero-order chi connectivity index (χ0) is 15.2. The third-order valence-corrected chi connectivity index (χ3v) is 3.54. The smallest absolute Gasteiger partial charge is 0.258 e. The van der Waals surface area contributed by atoms with Gasteiger partial charge in [-0.25, -0.2) is 0 Å². The minimum absolute atomic E-state index is 0.0386. The molecule has 112 valence electrons. The van der Waals surface area contributed by atoms with Gasteiger partial charge in [0, 0.05) is 17.1 Å². The van der Waals surface area contributed by atoms with Gasteiger partial charge in [-0.3, -0.25) is 4.79 Å². The molecule has 0 radical (unpaired) electrons. The Balaban J connectivity index is 2.64. The molecule has 0 bridgehead atoms. The van der Waals surface area contributed by atoms with E-state index in [1.807, 2.05) is 52.1 Å². The monoisotopic (exact) mass is 278 g/mol. The first-order valence-electron chi connectivity index (χ1n) is 7.09. The van der Waals surface area contributed by atoms with E-state index < -0.39 is 0 Å². The van der Waals surface area contributed by atoms with Crippen LogP contribution in [0.2, 0.25) is 0 Å². The fourth-order valence-corrected chi connectivity index (χ4v) is 1.77. The highest BCUT2D eigenvalue weighted by molar-refractivity contribution is 5.78. The molecule has 1 aromatic carbocycles. The van der Waals surface area contributed by atoms with Crippen molar-refractivity contribution in [3.63, 3.8) is 0 Å². The normalized spacial score (nSPS) is 12.8. The van der Waals surface area contributed by atoms with Gasteiger partial charge < -0.3 is 15.4 Å². The SMILES string of the molecule is CCC(C)(C)NC(=O)COc1ccccc1C(C)NC. The van der Waals surface area contributed by atoms with E-state index in [1.54, 1.807) is 0 Å². The first kappa shape index (κ1) is 16.5. The quantitative estimate of drug-likeness (QED) is 0.806. The van der Waals surface area contributed by atoms with Gasteiger partial charge >= 0.3 is 0 Å². The number of ether oxygens (including phenoxy) is 1. The summed E-state index contributed by atoms with van der Waals surface area (Å²) in [4.78, 5) is 11.9.